The van der Waals surface area contributed by atoms with Gasteiger partial charge < -0.3 is 23.2 Å². The Morgan fingerprint density at radius 2 is 0.770 bits per heavy atom. The summed E-state index contributed by atoms with van der Waals surface area (Å²) in [5.74, 6) is 0.272. The molecular formula is C77H56F2N4O2S2. The molecule has 0 radical (unpaired) electrons. The van der Waals surface area contributed by atoms with Crippen molar-refractivity contribution in [3.63, 3.8) is 0 Å². The van der Waals surface area contributed by atoms with Crippen LogP contribution in [0.3, 0.4) is 0 Å². The molecule has 2 saturated carbocycles. The molecule has 0 N–H and O–H groups in total. The number of para-hydroxylation sites is 4. The molecule has 10 aromatic carbocycles. The Hall–Kier alpha value is -9.35. The van der Waals surface area contributed by atoms with Gasteiger partial charge in [-0.3, -0.25) is 4.98 Å². The van der Waals surface area contributed by atoms with Gasteiger partial charge in [-0.15, -0.1) is 22.7 Å². The van der Waals surface area contributed by atoms with E-state index in [9.17, 15) is 0 Å². The number of rotatable bonds is 9. The van der Waals surface area contributed by atoms with Crippen LogP contribution in [0.1, 0.15) is 87.2 Å². The highest BCUT2D eigenvalue weighted by molar-refractivity contribution is 7.27. The number of hydrogen-bond acceptors (Lipinski definition) is 7. The highest BCUT2D eigenvalue weighted by Gasteiger charge is 2.34. The maximum absolute atomic E-state index is 17.4. The average Bonchev–Trinajstić information content (AvgIpc) is 1.60. The summed E-state index contributed by atoms with van der Waals surface area (Å²) in [6, 6.07) is 65.8. The molecular weight excluding hydrogens is 1120 g/mol. The topological polar surface area (TPSA) is 50.6 Å². The van der Waals surface area contributed by atoms with Crippen LogP contribution in [0.4, 0.5) is 42.9 Å². The highest BCUT2D eigenvalue weighted by atomic mass is 32.1. The molecule has 0 atom stereocenters. The first-order chi connectivity index (χ1) is 43.0. The first kappa shape index (κ1) is 50.9. The van der Waals surface area contributed by atoms with Crippen molar-refractivity contribution in [2.75, 3.05) is 9.80 Å². The van der Waals surface area contributed by atoms with E-state index >= 15 is 8.78 Å². The Morgan fingerprint density at radius 1 is 0.379 bits per heavy atom. The molecule has 0 saturated heterocycles. The van der Waals surface area contributed by atoms with Crippen molar-refractivity contribution in [3.8, 4) is 5.69 Å². The Balaban J connectivity index is 0.985. The zero-order valence-electron chi connectivity index (χ0n) is 47.5. The van der Waals surface area contributed by atoms with Crippen molar-refractivity contribution in [2.45, 2.75) is 76.0 Å². The molecule has 2 aliphatic rings. The summed E-state index contributed by atoms with van der Waals surface area (Å²) in [4.78, 5) is 8.78. The predicted octanol–water partition coefficient (Wildman–Crippen LogP) is 24.0. The molecule has 18 rings (SSSR count). The monoisotopic (exact) mass is 1170 g/mol. The molecule has 2 aliphatic carbocycles. The maximum Gasteiger partial charge on any atom is 0.160 e. The number of fused-ring (bicyclic) bond motifs is 17. The number of anilines is 6. The lowest BCUT2D eigenvalue weighted by atomic mass is 9.84. The van der Waals surface area contributed by atoms with E-state index in [1.54, 1.807) is 24.3 Å². The fraction of sp³-hybridized carbons (Fsp3) is 0.156. The van der Waals surface area contributed by atoms with E-state index in [0.717, 1.165) is 80.6 Å². The van der Waals surface area contributed by atoms with Gasteiger partial charge in [0.05, 0.1) is 54.6 Å². The number of nitrogens with zero attached hydrogens (tertiary/aromatic N) is 4. The first-order valence-electron chi connectivity index (χ1n) is 30.7. The third kappa shape index (κ3) is 7.76. The maximum atomic E-state index is 17.4. The van der Waals surface area contributed by atoms with Crippen molar-refractivity contribution in [3.05, 3.63) is 229 Å². The molecule has 6 nitrogen and oxygen atoms in total. The molecule has 87 heavy (non-hydrogen) atoms. The Morgan fingerprint density at radius 3 is 1.23 bits per heavy atom. The van der Waals surface area contributed by atoms with Crippen LogP contribution in [0.2, 0.25) is 0 Å². The fourth-order valence-corrected chi connectivity index (χ4v) is 18.1. The molecule has 16 aromatic rings. The summed E-state index contributed by atoms with van der Waals surface area (Å²) < 4.78 is 56.5. The number of aromatic nitrogens is 2. The van der Waals surface area contributed by atoms with E-state index in [4.69, 9.17) is 8.83 Å². The van der Waals surface area contributed by atoms with Gasteiger partial charge in [-0.05, 0) is 121 Å². The van der Waals surface area contributed by atoms with Crippen LogP contribution in [-0.2, 0) is 0 Å². The van der Waals surface area contributed by atoms with Crippen molar-refractivity contribution in [2.24, 2.45) is 0 Å². The SMILES string of the molecule is Fc1ccccc1N(c1cc2c(c3c1oc1ccccc13)c1c3c(oc4ccccc43)c(N(c3ccccc3F)c3cccc4c3sc3c(C5CCCCC5)cccc34)cc1n2-c1ccncc1)c1cccc2c1sc1c(C3CCCCC3)cccc12. The molecule has 2 fully saturated rings. The lowest BCUT2D eigenvalue weighted by molar-refractivity contribution is 0.446. The summed E-state index contributed by atoms with van der Waals surface area (Å²) in [6.45, 7) is 0. The summed E-state index contributed by atoms with van der Waals surface area (Å²) >= 11 is 3.63. The largest absolute Gasteiger partial charge is 0.454 e. The second kappa shape index (κ2) is 20.1. The van der Waals surface area contributed by atoms with Crippen molar-refractivity contribution in [1.82, 2.24) is 9.55 Å². The Kier molecular flexibility index (Phi) is 11.8. The molecule has 0 unspecified atom stereocenters. The highest BCUT2D eigenvalue weighted by Crippen LogP contribution is 2.57. The number of hydrogen-bond donors (Lipinski definition) is 0. The van der Waals surface area contributed by atoms with Gasteiger partial charge in [0.2, 0.25) is 0 Å². The lowest BCUT2D eigenvalue weighted by Crippen LogP contribution is -2.12. The zero-order chi connectivity index (χ0) is 57.4. The second-order valence-electron chi connectivity index (χ2n) is 23.9. The second-order valence-corrected chi connectivity index (χ2v) is 26.0. The van der Waals surface area contributed by atoms with Crippen LogP contribution >= 0.6 is 22.7 Å². The third-order valence-corrected chi connectivity index (χ3v) is 21.8. The van der Waals surface area contributed by atoms with E-state index < -0.39 is 0 Å². The van der Waals surface area contributed by atoms with Crippen LogP contribution in [0.15, 0.2) is 215 Å². The minimum Gasteiger partial charge on any atom is -0.454 e. The average molecular weight is 1170 g/mol. The van der Waals surface area contributed by atoms with Gasteiger partial charge >= 0.3 is 0 Å². The normalized spacial score (nSPS) is 14.7. The van der Waals surface area contributed by atoms with Gasteiger partial charge in [-0.1, -0.05) is 160 Å². The quantitative estimate of drug-likeness (QED) is 0.144. The fourth-order valence-electron chi connectivity index (χ4n) is 15.4. The van der Waals surface area contributed by atoms with Gasteiger partial charge in [0.1, 0.15) is 22.8 Å². The van der Waals surface area contributed by atoms with E-state index in [2.05, 4.69) is 129 Å². The van der Waals surface area contributed by atoms with Gasteiger partial charge in [0.15, 0.2) is 11.2 Å². The number of pyridine rings is 1. The smallest absolute Gasteiger partial charge is 0.160 e. The molecule has 6 heterocycles. The Bertz CT molecular complexity index is 5130. The molecule has 0 bridgehead atoms. The van der Waals surface area contributed by atoms with Crippen LogP contribution in [0, 0.1) is 11.6 Å². The summed E-state index contributed by atoms with van der Waals surface area (Å²) in [5, 5.41) is 10.2. The number of benzene rings is 10. The lowest BCUT2D eigenvalue weighted by Gasteiger charge is -2.27. The third-order valence-electron chi connectivity index (χ3n) is 19.2. The molecule has 10 heteroatoms. The van der Waals surface area contributed by atoms with E-state index in [1.807, 2.05) is 95.7 Å². The summed E-state index contributed by atoms with van der Waals surface area (Å²) in [7, 11) is 0. The van der Waals surface area contributed by atoms with Crippen LogP contribution in [-0.4, -0.2) is 9.55 Å². The number of halogens is 2. The van der Waals surface area contributed by atoms with Crippen molar-refractivity contribution < 1.29 is 17.6 Å². The van der Waals surface area contributed by atoms with Gasteiger partial charge in [-0.25, -0.2) is 8.78 Å². The van der Waals surface area contributed by atoms with Gasteiger partial charge in [0.25, 0.3) is 0 Å². The Labute approximate surface area is 507 Å². The van der Waals surface area contributed by atoms with E-state index in [-0.39, 0.29) is 11.6 Å². The van der Waals surface area contributed by atoms with Crippen LogP contribution < -0.4 is 9.80 Å². The molecule has 422 valence electrons. The van der Waals surface area contributed by atoms with Gasteiger partial charge in [0, 0.05) is 81.3 Å². The van der Waals surface area contributed by atoms with E-state index in [1.165, 1.54) is 95.5 Å². The van der Waals surface area contributed by atoms with Crippen LogP contribution in [0.5, 0.6) is 0 Å². The summed E-state index contributed by atoms with van der Waals surface area (Å²) in [5.41, 5.74) is 11.9. The molecule has 6 aromatic heterocycles. The number of thiophene rings is 2. The molecule has 0 amide bonds. The molecule has 0 aliphatic heterocycles. The van der Waals surface area contributed by atoms with Crippen LogP contribution in [0.25, 0.3) is 112 Å². The van der Waals surface area contributed by atoms with Gasteiger partial charge in [-0.2, -0.15) is 0 Å². The minimum atomic E-state index is -0.360. The number of furan rings is 2. The standard InChI is InChI=1S/C77H56F2N4O2S2/c78-56-31-9-11-33-58(56)82(60-35-17-29-52-50-27-15-25-48(74(50)86-76(52)60)45-19-3-1-4-20-45)64-43-62-70(68-54-23-7-13-37-66(54)84-72(64)68)71-63(81(62)47-39-41-80-42-40-47)44-65(73-69(71)55-24-8-14-38-67(55)85-73)83(59-34-12-10-32-57(59)79)61-36-18-30-53-51-28-16-26-49(75(51)87-77(53)61)46-21-5-2-6-22-46/h7-18,23-46H,1-6,19-22H2. The first-order valence-corrected chi connectivity index (χ1v) is 32.3. The minimum absolute atomic E-state index is 0.360. The predicted molar refractivity (Wildman–Crippen MR) is 360 cm³/mol. The molecule has 0 spiro atoms. The zero-order valence-corrected chi connectivity index (χ0v) is 49.2. The summed E-state index contributed by atoms with van der Waals surface area (Å²) in [6.07, 6.45) is 15.9. The van der Waals surface area contributed by atoms with Crippen molar-refractivity contribution in [1.29, 1.82) is 0 Å². The van der Waals surface area contributed by atoms with E-state index in [0.29, 0.717) is 56.9 Å². The van der Waals surface area contributed by atoms with Crippen molar-refractivity contribution >= 4 is 163 Å².